The van der Waals surface area contributed by atoms with Gasteiger partial charge in [0.15, 0.2) is 11.5 Å². The van der Waals surface area contributed by atoms with Crippen molar-refractivity contribution in [1.29, 1.82) is 0 Å². The Labute approximate surface area is 434 Å². The van der Waals surface area contributed by atoms with E-state index < -0.39 is 23.8 Å². The number of rotatable bonds is 42. The van der Waals surface area contributed by atoms with Gasteiger partial charge in [0, 0.05) is 53.3 Å². The molecule has 0 saturated carbocycles. The van der Waals surface area contributed by atoms with Crippen LogP contribution in [0.15, 0.2) is 30.4 Å². The Balaban J connectivity index is 1.63. The number of allylic oxidation sites excluding steroid dienone is 2. The maximum atomic E-state index is 13.8. The van der Waals surface area contributed by atoms with Crippen molar-refractivity contribution >= 4 is 24.0 Å². The van der Waals surface area contributed by atoms with Crippen LogP contribution in [-0.2, 0) is 68.2 Å². The molecule has 73 heavy (non-hydrogen) atoms. The number of hydrogen-bond donors (Lipinski definition) is 1. The average molecular weight is 1040 g/mol. The van der Waals surface area contributed by atoms with Crippen molar-refractivity contribution in [3.05, 3.63) is 35.9 Å². The van der Waals surface area contributed by atoms with E-state index in [4.69, 9.17) is 61.6 Å². The largest absolute Gasteiger partial charge is 0.493 e. The van der Waals surface area contributed by atoms with Gasteiger partial charge in [-0.2, -0.15) is 0 Å². The predicted molar refractivity (Wildman–Crippen MR) is 273 cm³/mol. The summed E-state index contributed by atoms with van der Waals surface area (Å²) in [5.74, 6) is 0.841. The molecule has 1 aliphatic heterocycles. The lowest BCUT2D eigenvalue weighted by molar-refractivity contribution is -0.135. The Morgan fingerprint density at radius 1 is 0.685 bits per heavy atom. The molecule has 21 heteroatoms. The second-order valence-corrected chi connectivity index (χ2v) is 18.3. The Morgan fingerprint density at radius 3 is 1.67 bits per heavy atom. The van der Waals surface area contributed by atoms with E-state index in [1.165, 1.54) is 16.9 Å². The molecule has 0 spiro atoms. The molecule has 1 saturated heterocycles. The van der Waals surface area contributed by atoms with Crippen LogP contribution in [0.2, 0.25) is 0 Å². The number of amides is 4. The number of benzene rings is 1. The van der Waals surface area contributed by atoms with Crippen LogP contribution in [0.1, 0.15) is 72.3 Å². The smallest absolute Gasteiger partial charge is 0.415 e. The number of hydrogen-bond acceptors (Lipinski definition) is 17. The van der Waals surface area contributed by atoms with E-state index in [9.17, 15) is 19.2 Å². The first-order chi connectivity index (χ1) is 35.2. The van der Waals surface area contributed by atoms with E-state index in [1.54, 1.807) is 58.0 Å². The fourth-order valence-electron chi connectivity index (χ4n) is 6.79. The van der Waals surface area contributed by atoms with Crippen molar-refractivity contribution in [3.8, 4) is 11.5 Å². The molecule has 420 valence electrons. The lowest BCUT2D eigenvalue weighted by Crippen LogP contribution is -2.60. The molecule has 21 nitrogen and oxygen atoms in total. The van der Waals surface area contributed by atoms with Gasteiger partial charge in [-0.15, -0.1) is 0 Å². The van der Waals surface area contributed by atoms with E-state index in [-0.39, 0.29) is 56.8 Å². The van der Waals surface area contributed by atoms with Gasteiger partial charge in [0.05, 0.1) is 145 Å². The third kappa shape index (κ3) is 33.4. The first-order valence-corrected chi connectivity index (χ1v) is 25.7. The summed E-state index contributed by atoms with van der Waals surface area (Å²) in [7, 11) is 4.70. The SMILES string of the molecule is COCCOCCOCCOCCOCCOCCOCCOCCOCCOCCC(=O)N1CCN(C(=O)Oc2ccc(CNC(=O)CCCC/C=C/C(C)C)cc2OC)C(CN(C)C(=O)OC(C)(C)C)C1. The molecule has 4 amide bonds. The molecule has 1 heterocycles. The topological polar surface area (TPSA) is 210 Å². The summed E-state index contributed by atoms with van der Waals surface area (Å²) in [6.45, 7) is 19.0. The van der Waals surface area contributed by atoms with Crippen molar-refractivity contribution in [2.24, 2.45) is 5.92 Å². The summed E-state index contributed by atoms with van der Waals surface area (Å²) in [6.07, 6.45) is 6.36. The van der Waals surface area contributed by atoms with Crippen LogP contribution in [0.3, 0.4) is 0 Å². The van der Waals surface area contributed by atoms with Crippen LogP contribution in [-0.4, -0.2) is 223 Å². The molecule has 1 aliphatic rings. The lowest BCUT2D eigenvalue weighted by Gasteiger charge is -2.42. The second kappa shape index (κ2) is 41.1. The normalized spacial score (nSPS) is 14.0. The standard InChI is InChI=1S/C52H90N4O17/c1-43(2)13-11-9-10-12-14-48(57)53-40-44-15-16-46(47(39-44)62-8)72-51(60)56-19-18-55(42-45(56)41-54(6)50(59)73-52(3,4)5)49(58)17-20-63-23-24-65-27-28-67-31-32-69-35-36-71-38-37-70-34-33-68-30-29-66-26-25-64-22-21-61-7/h11,13,15-16,39,43,45H,9-10,12,14,17-38,40-42H2,1-8H3,(H,53,57)/b13-11+. The molecular formula is C52H90N4O17. The number of piperazine rings is 1. The molecule has 1 aromatic carbocycles. The third-order valence-electron chi connectivity index (χ3n) is 10.6. The monoisotopic (exact) mass is 1040 g/mol. The molecule has 0 bridgehead atoms. The summed E-state index contributed by atoms with van der Waals surface area (Å²) in [5.41, 5.74) is 0.0498. The Hall–Kier alpha value is -4.16. The van der Waals surface area contributed by atoms with Gasteiger partial charge in [-0.3, -0.25) is 14.5 Å². The number of unbranched alkanes of at least 4 members (excludes halogenated alkanes) is 2. The number of methoxy groups -OCH3 is 2. The Kier molecular flexibility index (Phi) is 36.6. The van der Waals surface area contributed by atoms with E-state index in [1.807, 2.05) is 0 Å². The number of likely N-dealkylation sites (N-methyl/N-ethyl adjacent to an activating group) is 1. The van der Waals surface area contributed by atoms with Crippen molar-refractivity contribution < 1.29 is 80.8 Å². The number of nitrogens with zero attached hydrogens (tertiary/aromatic N) is 3. The highest BCUT2D eigenvalue weighted by Gasteiger charge is 2.36. The maximum absolute atomic E-state index is 13.8. The second-order valence-electron chi connectivity index (χ2n) is 18.3. The molecule has 1 unspecified atom stereocenters. The van der Waals surface area contributed by atoms with E-state index in [0.717, 1.165) is 24.8 Å². The highest BCUT2D eigenvalue weighted by Crippen LogP contribution is 2.29. The van der Waals surface area contributed by atoms with Gasteiger partial charge in [-0.1, -0.05) is 32.1 Å². The van der Waals surface area contributed by atoms with Gasteiger partial charge < -0.3 is 76.7 Å². The van der Waals surface area contributed by atoms with Gasteiger partial charge in [0.25, 0.3) is 0 Å². The summed E-state index contributed by atoms with van der Waals surface area (Å²) in [4.78, 5) is 57.2. The molecule has 1 fully saturated rings. The fraction of sp³-hybridized carbons (Fsp3) is 0.769. The van der Waals surface area contributed by atoms with Gasteiger partial charge in [-0.05, 0) is 63.6 Å². The van der Waals surface area contributed by atoms with Crippen LogP contribution in [0, 0.1) is 5.92 Å². The minimum atomic E-state index is -0.728. The summed E-state index contributed by atoms with van der Waals surface area (Å²) < 4.78 is 71.5. The lowest BCUT2D eigenvalue weighted by atomic mass is 10.1. The number of nitrogens with one attached hydrogen (secondary N) is 1. The quantitative estimate of drug-likeness (QED) is 0.0663. The Bertz CT molecular complexity index is 1650. The molecule has 0 aromatic heterocycles. The zero-order valence-corrected chi connectivity index (χ0v) is 45.3. The summed E-state index contributed by atoms with van der Waals surface area (Å²) >= 11 is 0. The molecule has 1 N–H and O–H groups in total. The molecule has 0 radical (unpaired) electrons. The zero-order chi connectivity index (χ0) is 53.4. The molecule has 2 rings (SSSR count). The minimum absolute atomic E-state index is 0.0382. The fourth-order valence-corrected chi connectivity index (χ4v) is 6.79. The summed E-state index contributed by atoms with van der Waals surface area (Å²) in [6, 6.07) is 4.49. The van der Waals surface area contributed by atoms with Crippen molar-refractivity contribution in [2.75, 3.05) is 173 Å². The van der Waals surface area contributed by atoms with Crippen LogP contribution >= 0.6 is 0 Å². The van der Waals surface area contributed by atoms with Crippen LogP contribution in [0.25, 0.3) is 0 Å². The van der Waals surface area contributed by atoms with E-state index >= 15 is 0 Å². The van der Waals surface area contributed by atoms with E-state index in [2.05, 4.69) is 31.3 Å². The molecule has 1 atom stereocenters. The summed E-state index contributed by atoms with van der Waals surface area (Å²) in [5, 5.41) is 2.95. The molecule has 0 aliphatic carbocycles. The third-order valence-corrected chi connectivity index (χ3v) is 10.6. The van der Waals surface area contributed by atoms with Gasteiger partial charge in [-0.25, -0.2) is 9.59 Å². The van der Waals surface area contributed by atoms with Crippen LogP contribution < -0.4 is 14.8 Å². The number of carbonyl (C=O) groups excluding carboxylic acids is 4. The van der Waals surface area contributed by atoms with Crippen LogP contribution in [0.5, 0.6) is 11.5 Å². The highest BCUT2D eigenvalue weighted by molar-refractivity contribution is 5.78. The highest BCUT2D eigenvalue weighted by atomic mass is 16.6. The zero-order valence-electron chi connectivity index (χ0n) is 45.3. The molecule has 1 aromatic rings. The van der Waals surface area contributed by atoms with Gasteiger partial charge in [0.2, 0.25) is 11.8 Å². The van der Waals surface area contributed by atoms with E-state index in [0.29, 0.717) is 144 Å². The minimum Gasteiger partial charge on any atom is -0.493 e. The first-order valence-electron chi connectivity index (χ1n) is 25.7. The van der Waals surface area contributed by atoms with Gasteiger partial charge in [0.1, 0.15) is 5.60 Å². The number of ether oxygens (including phenoxy) is 13. The molecular weight excluding hydrogens is 953 g/mol. The number of carbonyl (C=O) groups is 4. The average Bonchev–Trinajstić information content (AvgIpc) is 3.35. The predicted octanol–water partition coefficient (Wildman–Crippen LogP) is 5.15. The van der Waals surface area contributed by atoms with Crippen LogP contribution in [0.4, 0.5) is 9.59 Å². The van der Waals surface area contributed by atoms with Crippen molar-refractivity contribution in [3.63, 3.8) is 0 Å². The van der Waals surface area contributed by atoms with Crippen molar-refractivity contribution in [2.45, 2.75) is 84.9 Å². The first kappa shape index (κ1) is 65.0. The Morgan fingerprint density at radius 2 is 1.19 bits per heavy atom. The van der Waals surface area contributed by atoms with Crippen molar-refractivity contribution in [1.82, 2.24) is 20.0 Å². The van der Waals surface area contributed by atoms with Gasteiger partial charge >= 0.3 is 12.2 Å². The maximum Gasteiger partial charge on any atom is 0.415 e.